The highest BCUT2D eigenvalue weighted by atomic mass is 19.2. The SMILES string of the molecule is CCOC(=O)CC(CN)c1cc(F)cc(F)c1F. The van der Waals surface area contributed by atoms with Crippen molar-refractivity contribution in [1.29, 1.82) is 0 Å². The fourth-order valence-corrected chi connectivity index (χ4v) is 1.61. The largest absolute Gasteiger partial charge is 0.466 e. The van der Waals surface area contributed by atoms with Crippen molar-refractivity contribution in [2.24, 2.45) is 5.73 Å². The van der Waals surface area contributed by atoms with Crippen LogP contribution in [0.5, 0.6) is 0 Å². The van der Waals surface area contributed by atoms with Crippen molar-refractivity contribution in [1.82, 2.24) is 0 Å². The lowest BCUT2D eigenvalue weighted by molar-refractivity contribution is -0.143. The van der Waals surface area contributed by atoms with E-state index in [0.717, 1.165) is 6.07 Å². The fraction of sp³-hybridized carbons (Fsp3) is 0.417. The molecule has 0 heterocycles. The lowest BCUT2D eigenvalue weighted by Crippen LogP contribution is -2.19. The minimum absolute atomic E-state index is 0.112. The highest BCUT2D eigenvalue weighted by Crippen LogP contribution is 2.25. The Kier molecular flexibility index (Phi) is 5.15. The van der Waals surface area contributed by atoms with Gasteiger partial charge >= 0.3 is 5.97 Å². The topological polar surface area (TPSA) is 52.3 Å². The minimum atomic E-state index is -1.30. The Morgan fingerprint density at radius 1 is 1.39 bits per heavy atom. The van der Waals surface area contributed by atoms with Crippen LogP contribution < -0.4 is 5.73 Å². The number of ether oxygens (including phenoxy) is 1. The van der Waals surface area contributed by atoms with Gasteiger partial charge in [0, 0.05) is 12.0 Å². The van der Waals surface area contributed by atoms with Crippen molar-refractivity contribution < 1.29 is 22.7 Å². The van der Waals surface area contributed by atoms with E-state index in [-0.39, 0.29) is 25.1 Å². The van der Waals surface area contributed by atoms with Gasteiger partial charge in [0.05, 0.1) is 13.0 Å². The van der Waals surface area contributed by atoms with Gasteiger partial charge < -0.3 is 10.5 Å². The van der Waals surface area contributed by atoms with E-state index in [1.807, 2.05) is 0 Å². The molecule has 1 atom stereocenters. The summed E-state index contributed by atoms with van der Waals surface area (Å²) in [5.41, 5.74) is 5.15. The van der Waals surface area contributed by atoms with Crippen LogP contribution in [0.4, 0.5) is 13.2 Å². The molecule has 0 aliphatic heterocycles. The van der Waals surface area contributed by atoms with Gasteiger partial charge in [-0.2, -0.15) is 0 Å². The van der Waals surface area contributed by atoms with Crippen molar-refractivity contribution in [3.8, 4) is 0 Å². The van der Waals surface area contributed by atoms with Gasteiger partial charge in [-0.3, -0.25) is 4.79 Å². The van der Waals surface area contributed by atoms with Gasteiger partial charge in [-0.15, -0.1) is 0 Å². The maximum Gasteiger partial charge on any atom is 0.306 e. The molecule has 1 unspecified atom stereocenters. The van der Waals surface area contributed by atoms with E-state index in [1.54, 1.807) is 6.92 Å². The van der Waals surface area contributed by atoms with Crippen LogP contribution in [0.25, 0.3) is 0 Å². The first-order chi connectivity index (χ1) is 8.49. The summed E-state index contributed by atoms with van der Waals surface area (Å²) in [6.07, 6.45) is -0.218. The summed E-state index contributed by atoms with van der Waals surface area (Å²) in [6, 6.07) is 1.28. The second-order valence-corrected chi connectivity index (χ2v) is 3.73. The molecule has 0 spiro atoms. The van der Waals surface area contributed by atoms with Crippen molar-refractivity contribution in [3.05, 3.63) is 35.1 Å². The van der Waals surface area contributed by atoms with E-state index in [0.29, 0.717) is 6.07 Å². The molecule has 18 heavy (non-hydrogen) atoms. The van der Waals surface area contributed by atoms with Crippen LogP contribution in [0, 0.1) is 17.5 Å². The zero-order valence-corrected chi connectivity index (χ0v) is 9.88. The quantitative estimate of drug-likeness (QED) is 0.652. The molecule has 0 aliphatic carbocycles. The molecular formula is C12H14F3NO2. The summed E-state index contributed by atoms with van der Waals surface area (Å²) in [5, 5.41) is 0. The van der Waals surface area contributed by atoms with Gasteiger partial charge in [0.2, 0.25) is 0 Å². The summed E-state index contributed by atoms with van der Waals surface area (Å²) < 4.78 is 44.3. The second kappa shape index (κ2) is 6.39. The number of carbonyl (C=O) groups excluding carboxylic acids is 1. The summed E-state index contributed by atoms with van der Waals surface area (Å²) in [7, 11) is 0. The summed E-state index contributed by atoms with van der Waals surface area (Å²) in [6.45, 7) is 1.69. The van der Waals surface area contributed by atoms with Gasteiger partial charge in [0.25, 0.3) is 0 Å². The van der Waals surface area contributed by atoms with Crippen LogP contribution in [0.2, 0.25) is 0 Å². The molecule has 0 aliphatic rings. The molecule has 0 fully saturated rings. The van der Waals surface area contributed by atoms with E-state index < -0.39 is 29.3 Å². The Hall–Kier alpha value is -1.56. The molecule has 0 saturated carbocycles. The Balaban J connectivity index is 2.98. The zero-order valence-electron chi connectivity index (χ0n) is 9.88. The van der Waals surface area contributed by atoms with Crippen LogP contribution >= 0.6 is 0 Å². The average molecular weight is 261 g/mol. The molecule has 1 aromatic rings. The number of hydrogen-bond donors (Lipinski definition) is 1. The lowest BCUT2D eigenvalue weighted by atomic mass is 9.95. The smallest absolute Gasteiger partial charge is 0.306 e. The van der Waals surface area contributed by atoms with Crippen LogP contribution in [0.1, 0.15) is 24.8 Å². The number of halogens is 3. The highest BCUT2D eigenvalue weighted by molar-refractivity contribution is 5.70. The van der Waals surface area contributed by atoms with Crippen molar-refractivity contribution >= 4 is 5.97 Å². The molecular weight excluding hydrogens is 247 g/mol. The van der Waals surface area contributed by atoms with E-state index >= 15 is 0 Å². The summed E-state index contributed by atoms with van der Waals surface area (Å²) >= 11 is 0. The van der Waals surface area contributed by atoms with Crippen LogP contribution in [-0.2, 0) is 9.53 Å². The monoisotopic (exact) mass is 261 g/mol. The van der Waals surface area contributed by atoms with E-state index in [4.69, 9.17) is 10.5 Å². The first-order valence-corrected chi connectivity index (χ1v) is 5.49. The van der Waals surface area contributed by atoms with Crippen molar-refractivity contribution in [3.63, 3.8) is 0 Å². The molecule has 0 aromatic heterocycles. The molecule has 6 heteroatoms. The predicted octanol–water partition coefficient (Wildman–Crippen LogP) is 2.10. The van der Waals surface area contributed by atoms with Gasteiger partial charge in [0.15, 0.2) is 11.6 Å². The first kappa shape index (κ1) is 14.5. The molecule has 100 valence electrons. The van der Waals surface area contributed by atoms with Crippen LogP contribution in [0.15, 0.2) is 12.1 Å². The second-order valence-electron chi connectivity index (χ2n) is 3.73. The van der Waals surface area contributed by atoms with Crippen molar-refractivity contribution in [2.45, 2.75) is 19.3 Å². The summed E-state index contributed by atoms with van der Waals surface area (Å²) in [4.78, 5) is 11.3. The number of esters is 1. The van der Waals surface area contributed by atoms with Crippen molar-refractivity contribution in [2.75, 3.05) is 13.2 Å². The Morgan fingerprint density at radius 3 is 2.61 bits per heavy atom. The molecule has 0 saturated heterocycles. The fourth-order valence-electron chi connectivity index (χ4n) is 1.61. The molecule has 3 nitrogen and oxygen atoms in total. The van der Waals surface area contributed by atoms with E-state index in [2.05, 4.69) is 0 Å². The zero-order chi connectivity index (χ0) is 13.7. The van der Waals surface area contributed by atoms with Gasteiger partial charge in [-0.1, -0.05) is 0 Å². The average Bonchev–Trinajstić information content (AvgIpc) is 2.31. The van der Waals surface area contributed by atoms with Gasteiger partial charge in [-0.25, -0.2) is 13.2 Å². The predicted molar refractivity (Wildman–Crippen MR) is 59.4 cm³/mol. The maximum atomic E-state index is 13.5. The normalized spacial score (nSPS) is 12.3. The minimum Gasteiger partial charge on any atom is -0.466 e. The third-order valence-corrected chi connectivity index (χ3v) is 2.46. The molecule has 1 rings (SSSR count). The van der Waals surface area contributed by atoms with Gasteiger partial charge in [-0.05, 0) is 25.1 Å². The number of rotatable bonds is 5. The Morgan fingerprint density at radius 2 is 2.06 bits per heavy atom. The van der Waals surface area contributed by atoms with E-state index in [9.17, 15) is 18.0 Å². The molecule has 0 bridgehead atoms. The third-order valence-electron chi connectivity index (χ3n) is 2.46. The molecule has 2 N–H and O–H groups in total. The summed E-state index contributed by atoms with van der Waals surface area (Å²) in [5.74, 6) is -4.79. The standard InChI is InChI=1S/C12H14F3NO2/c1-2-18-11(17)3-7(6-16)9-4-8(13)5-10(14)12(9)15/h4-5,7H,2-3,6,16H2,1H3. The van der Waals surface area contributed by atoms with E-state index in [1.165, 1.54) is 0 Å². The molecule has 1 aromatic carbocycles. The highest BCUT2D eigenvalue weighted by Gasteiger charge is 2.22. The number of nitrogens with two attached hydrogens (primary N) is 1. The number of benzene rings is 1. The van der Waals surface area contributed by atoms with Crippen LogP contribution in [0.3, 0.4) is 0 Å². The third kappa shape index (κ3) is 3.46. The molecule has 0 amide bonds. The molecule has 0 radical (unpaired) electrons. The Labute approximate surface area is 103 Å². The first-order valence-electron chi connectivity index (χ1n) is 5.49. The van der Waals surface area contributed by atoms with Gasteiger partial charge in [0.1, 0.15) is 5.82 Å². The Bertz CT molecular complexity index is 438. The number of hydrogen-bond acceptors (Lipinski definition) is 3. The maximum absolute atomic E-state index is 13.5. The lowest BCUT2D eigenvalue weighted by Gasteiger charge is -2.15. The number of carbonyl (C=O) groups is 1. The van der Waals surface area contributed by atoms with Crippen LogP contribution in [-0.4, -0.2) is 19.1 Å².